The van der Waals surface area contributed by atoms with Crippen LogP contribution in [0.15, 0.2) is 29.4 Å². The first-order valence-electron chi connectivity index (χ1n) is 4.58. The Morgan fingerprint density at radius 3 is 3.00 bits per heavy atom. The van der Waals surface area contributed by atoms with E-state index in [1.165, 1.54) is 0 Å². The maximum atomic E-state index is 11.6. The van der Waals surface area contributed by atoms with E-state index in [-0.39, 0.29) is 24.1 Å². The molecule has 0 saturated heterocycles. The van der Waals surface area contributed by atoms with Crippen molar-refractivity contribution in [1.29, 1.82) is 0 Å². The summed E-state index contributed by atoms with van der Waals surface area (Å²) in [6.07, 6.45) is 0.235. The summed E-state index contributed by atoms with van der Waals surface area (Å²) in [5, 5.41) is 14.1. The predicted octanol–water partition coefficient (Wildman–Crippen LogP) is 0.859. The number of nitrogens with zero attached hydrogens (tertiary/aromatic N) is 1. The first-order chi connectivity index (χ1) is 7.22. The van der Waals surface area contributed by atoms with E-state index in [9.17, 15) is 4.79 Å². The van der Waals surface area contributed by atoms with Crippen molar-refractivity contribution in [3.63, 3.8) is 0 Å². The Kier molecular flexibility index (Phi) is 2.29. The number of oxime groups is 1. The molecule has 0 aromatic heterocycles. The number of rotatable bonds is 2. The molecule has 5 heteroatoms. The third-order valence-electron chi connectivity index (χ3n) is 2.45. The van der Waals surface area contributed by atoms with Gasteiger partial charge in [0.25, 0.3) is 0 Å². The Morgan fingerprint density at radius 2 is 2.27 bits per heavy atom. The SMILES string of the molecule is N/C(C[C@@H]1C(=O)Nc2ccccc21)=N/O. The highest BCUT2D eigenvalue weighted by atomic mass is 16.4. The standard InChI is InChI=1S/C10H11N3O2/c11-9(13-15)5-7-6-3-1-2-4-8(6)12-10(7)14/h1-4,7,15H,5H2,(H2,11,13)(H,12,14)/t7-/m0/s1. The van der Waals surface area contributed by atoms with Crippen molar-refractivity contribution < 1.29 is 10.0 Å². The quantitative estimate of drug-likeness (QED) is 0.289. The van der Waals surface area contributed by atoms with Crippen LogP contribution in [0.5, 0.6) is 0 Å². The molecule has 78 valence electrons. The predicted molar refractivity (Wildman–Crippen MR) is 55.8 cm³/mol. The third kappa shape index (κ3) is 1.63. The molecule has 5 nitrogen and oxygen atoms in total. The maximum Gasteiger partial charge on any atom is 0.232 e. The third-order valence-corrected chi connectivity index (χ3v) is 2.45. The minimum atomic E-state index is -0.350. The summed E-state index contributed by atoms with van der Waals surface area (Å²) in [4.78, 5) is 11.6. The van der Waals surface area contributed by atoms with Crippen LogP contribution in [-0.2, 0) is 4.79 Å². The molecule has 1 aliphatic rings. The number of nitrogens with two attached hydrogens (primary N) is 1. The maximum absolute atomic E-state index is 11.6. The lowest BCUT2D eigenvalue weighted by Crippen LogP contribution is -2.20. The fourth-order valence-corrected chi connectivity index (χ4v) is 1.73. The Balaban J connectivity index is 2.30. The molecule has 1 aromatic rings. The van der Waals surface area contributed by atoms with Crippen LogP contribution in [-0.4, -0.2) is 17.0 Å². The van der Waals surface area contributed by atoms with Gasteiger partial charge in [0.1, 0.15) is 5.84 Å². The number of carbonyl (C=O) groups is 1. The molecular formula is C10H11N3O2. The second-order valence-electron chi connectivity index (χ2n) is 3.42. The van der Waals surface area contributed by atoms with Gasteiger partial charge in [0, 0.05) is 12.1 Å². The van der Waals surface area contributed by atoms with Gasteiger partial charge in [0.05, 0.1) is 5.92 Å². The lowest BCUT2D eigenvalue weighted by atomic mass is 9.97. The Bertz CT molecular complexity index is 428. The van der Waals surface area contributed by atoms with Crippen molar-refractivity contribution in [1.82, 2.24) is 0 Å². The zero-order valence-corrected chi connectivity index (χ0v) is 7.97. The normalized spacial score (nSPS) is 19.9. The van der Waals surface area contributed by atoms with Crippen molar-refractivity contribution in [2.45, 2.75) is 12.3 Å². The van der Waals surface area contributed by atoms with E-state index < -0.39 is 0 Å². The number of benzene rings is 1. The van der Waals surface area contributed by atoms with Gasteiger partial charge in [-0.2, -0.15) is 0 Å². The fraction of sp³-hybridized carbons (Fsp3) is 0.200. The van der Waals surface area contributed by atoms with Crippen LogP contribution in [0.25, 0.3) is 0 Å². The average molecular weight is 205 g/mol. The van der Waals surface area contributed by atoms with Gasteiger partial charge in [-0.05, 0) is 11.6 Å². The number of hydrogen-bond acceptors (Lipinski definition) is 3. The lowest BCUT2D eigenvalue weighted by molar-refractivity contribution is -0.116. The second-order valence-corrected chi connectivity index (χ2v) is 3.42. The van der Waals surface area contributed by atoms with Crippen molar-refractivity contribution >= 4 is 17.4 Å². The van der Waals surface area contributed by atoms with E-state index >= 15 is 0 Å². The number of fused-ring (bicyclic) bond motifs is 1. The number of amidine groups is 1. The number of amides is 1. The van der Waals surface area contributed by atoms with E-state index in [0.29, 0.717) is 0 Å². The first-order valence-corrected chi connectivity index (χ1v) is 4.58. The Labute approximate surface area is 86.6 Å². The average Bonchev–Trinajstić information content (AvgIpc) is 2.55. The minimum absolute atomic E-state index is 0.0619. The van der Waals surface area contributed by atoms with Crippen LogP contribution in [0.4, 0.5) is 5.69 Å². The van der Waals surface area contributed by atoms with Crippen molar-refractivity contribution in [2.24, 2.45) is 10.9 Å². The smallest absolute Gasteiger partial charge is 0.232 e. The summed E-state index contributed by atoms with van der Waals surface area (Å²) in [7, 11) is 0. The van der Waals surface area contributed by atoms with Crippen LogP contribution in [0.3, 0.4) is 0 Å². The Hall–Kier alpha value is -2.04. The summed E-state index contributed by atoms with van der Waals surface area (Å²) in [6.45, 7) is 0. The lowest BCUT2D eigenvalue weighted by Gasteiger charge is -2.06. The van der Waals surface area contributed by atoms with Crippen molar-refractivity contribution in [3.8, 4) is 0 Å². The van der Waals surface area contributed by atoms with Gasteiger partial charge < -0.3 is 16.3 Å². The van der Waals surface area contributed by atoms with E-state index in [4.69, 9.17) is 10.9 Å². The molecule has 0 saturated carbocycles. The largest absolute Gasteiger partial charge is 0.409 e. The highest BCUT2D eigenvalue weighted by molar-refractivity contribution is 6.05. The summed E-state index contributed by atoms with van der Waals surface area (Å²) < 4.78 is 0. The molecular weight excluding hydrogens is 194 g/mol. The molecule has 0 unspecified atom stereocenters. The molecule has 1 atom stereocenters. The molecule has 1 amide bonds. The molecule has 0 aliphatic carbocycles. The van der Waals surface area contributed by atoms with E-state index in [2.05, 4.69) is 10.5 Å². The van der Waals surface area contributed by atoms with Crippen LogP contribution < -0.4 is 11.1 Å². The van der Waals surface area contributed by atoms with E-state index in [1.54, 1.807) is 0 Å². The summed E-state index contributed by atoms with van der Waals surface area (Å²) in [5.74, 6) is -0.397. The zero-order valence-electron chi connectivity index (χ0n) is 7.97. The molecule has 1 aromatic carbocycles. The highest BCUT2D eigenvalue weighted by Gasteiger charge is 2.30. The van der Waals surface area contributed by atoms with Gasteiger partial charge in [0.15, 0.2) is 0 Å². The number of hydrogen-bond donors (Lipinski definition) is 3. The molecule has 1 aliphatic heterocycles. The summed E-state index contributed by atoms with van der Waals surface area (Å²) in [6, 6.07) is 7.41. The second kappa shape index (κ2) is 3.61. The summed E-state index contributed by atoms with van der Waals surface area (Å²) in [5.41, 5.74) is 7.09. The molecule has 15 heavy (non-hydrogen) atoms. The number of para-hydroxylation sites is 1. The van der Waals surface area contributed by atoms with Gasteiger partial charge in [-0.25, -0.2) is 0 Å². The molecule has 0 bridgehead atoms. The summed E-state index contributed by atoms with van der Waals surface area (Å²) >= 11 is 0. The topological polar surface area (TPSA) is 87.7 Å². The minimum Gasteiger partial charge on any atom is -0.409 e. The van der Waals surface area contributed by atoms with Gasteiger partial charge >= 0.3 is 0 Å². The monoisotopic (exact) mass is 205 g/mol. The molecule has 0 spiro atoms. The van der Waals surface area contributed by atoms with E-state index in [0.717, 1.165) is 11.3 Å². The van der Waals surface area contributed by atoms with Crippen LogP contribution in [0.2, 0.25) is 0 Å². The Morgan fingerprint density at radius 1 is 1.53 bits per heavy atom. The number of anilines is 1. The first kappa shape index (κ1) is 9.51. The van der Waals surface area contributed by atoms with Crippen LogP contribution >= 0.6 is 0 Å². The zero-order chi connectivity index (χ0) is 10.8. The number of nitrogens with one attached hydrogen (secondary N) is 1. The van der Waals surface area contributed by atoms with Gasteiger partial charge in [-0.15, -0.1) is 0 Å². The molecule has 0 radical (unpaired) electrons. The highest BCUT2D eigenvalue weighted by Crippen LogP contribution is 2.33. The molecule has 0 fully saturated rings. The molecule has 1 heterocycles. The van der Waals surface area contributed by atoms with E-state index in [1.807, 2.05) is 24.3 Å². The van der Waals surface area contributed by atoms with Crippen LogP contribution in [0.1, 0.15) is 17.9 Å². The fourth-order valence-electron chi connectivity index (χ4n) is 1.73. The van der Waals surface area contributed by atoms with Crippen molar-refractivity contribution in [3.05, 3.63) is 29.8 Å². The number of carbonyl (C=O) groups excluding carboxylic acids is 1. The molecule has 4 N–H and O–H groups in total. The van der Waals surface area contributed by atoms with Gasteiger partial charge in [0.2, 0.25) is 5.91 Å². The van der Waals surface area contributed by atoms with Gasteiger partial charge in [-0.1, -0.05) is 23.4 Å². The van der Waals surface area contributed by atoms with Crippen LogP contribution in [0, 0.1) is 0 Å². The molecule has 2 rings (SSSR count). The van der Waals surface area contributed by atoms with Gasteiger partial charge in [-0.3, -0.25) is 4.79 Å². The van der Waals surface area contributed by atoms with Crippen molar-refractivity contribution in [2.75, 3.05) is 5.32 Å².